The highest BCUT2D eigenvalue weighted by molar-refractivity contribution is 8.00. The van der Waals surface area contributed by atoms with Crippen LogP contribution in [0.3, 0.4) is 0 Å². The number of rotatable bonds is 8. The van der Waals surface area contributed by atoms with E-state index in [9.17, 15) is 14.4 Å². The minimum atomic E-state index is -0.490. The van der Waals surface area contributed by atoms with Gasteiger partial charge < -0.3 is 4.90 Å². The zero-order chi connectivity index (χ0) is 25.9. The first-order valence-corrected chi connectivity index (χ1v) is 12.4. The Morgan fingerprint density at radius 1 is 1.17 bits per heavy atom. The van der Waals surface area contributed by atoms with Gasteiger partial charge in [-0.05, 0) is 49.9 Å². The summed E-state index contributed by atoms with van der Waals surface area (Å²) in [5, 5.41) is 9.68. The largest absolute Gasteiger partial charge is 0.332 e. The molecule has 0 aliphatic rings. The predicted octanol–water partition coefficient (Wildman–Crippen LogP) is 3.11. The first kappa shape index (κ1) is 26.2. The first-order valence-electron chi connectivity index (χ1n) is 11.4. The fourth-order valence-electron chi connectivity index (χ4n) is 3.74. The zero-order valence-electron chi connectivity index (χ0n) is 21.0. The van der Waals surface area contributed by atoms with Crippen LogP contribution in [0, 0.1) is 38.0 Å². The van der Waals surface area contributed by atoms with Crippen LogP contribution in [-0.4, -0.2) is 37.3 Å². The van der Waals surface area contributed by atoms with Crippen LogP contribution in [0.15, 0.2) is 32.8 Å². The number of nitriles is 1. The Kier molecular flexibility index (Phi) is 8.12. The molecular formula is C25H30N6O3S. The molecule has 9 nitrogen and oxygen atoms in total. The van der Waals surface area contributed by atoms with E-state index in [1.807, 2.05) is 45.9 Å². The van der Waals surface area contributed by atoms with Crippen molar-refractivity contribution in [1.29, 1.82) is 5.26 Å². The van der Waals surface area contributed by atoms with Gasteiger partial charge in [-0.2, -0.15) is 5.26 Å². The summed E-state index contributed by atoms with van der Waals surface area (Å²) in [4.78, 5) is 49.6. The number of nitrogens with zero attached hydrogens (tertiary/aromatic N) is 6. The second-order valence-electron chi connectivity index (χ2n) is 8.94. The van der Waals surface area contributed by atoms with Gasteiger partial charge >= 0.3 is 5.69 Å². The number of amides is 1. The fourth-order valence-corrected chi connectivity index (χ4v) is 4.67. The molecule has 0 atom stereocenters. The van der Waals surface area contributed by atoms with Gasteiger partial charge in [0, 0.05) is 25.8 Å². The Balaban J connectivity index is 2.02. The monoisotopic (exact) mass is 494 g/mol. The number of anilines is 1. The maximum absolute atomic E-state index is 13.3. The van der Waals surface area contributed by atoms with E-state index in [-0.39, 0.29) is 41.6 Å². The van der Waals surface area contributed by atoms with Crippen LogP contribution in [0.2, 0.25) is 0 Å². The van der Waals surface area contributed by atoms with Crippen LogP contribution in [0.4, 0.5) is 5.69 Å². The van der Waals surface area contributed by atoms with Gasteiger partial charge in [0.15, 0.2) is 5.65 Å². The minimum Gasteiger partial charge on any atom is -0.311 e. The number of aromatic nitrogens is 4. The molecule has 2 aromatic heterocycles. The summed E-state index contributed by atoms with van der Waals surface area (Å²) in [6.07, 6.45) is 0.195. The van der Waals surface area contributed by atoms with E-state index in [4.69, 9.17) is 5.26 Å². The quantitative estimate of drug-likeness (QED) is 0.349. The van der Waals surface area contributed by atoms with E-state index >= 15 is 0 Å². The van der Waals surface area contributed by atoms with Crippen molar-refractivity contribution in [1.82, 2.24) is 19.1 Å². The number of carbonyl (C=O) groups excluding carboxylic acids is 1. The number of fused-ring (bicyclic) bond motifs is 1. The average molecular weight is 495 g/mol. The van der Waals surface area contributed by atoms with E-state index in [1.165, 1.54) is 11.6 Å². The molecule has 10 heteroatoms. The summed E-state index contributed by atoms with van der Waals surface area (Å²) < 4.78 is 2.56. The molecule has 1 aromatic carbocycles. The molecule has 184 valence electrons. The summed E-state index contributed by atoms with van der Waals surface area (Å²) in [5.74, 6) is 0.377. The molecule has 0 aliphatic carbocycles. The Labute approximate surface area is 208 Å². The van der Waals surface area contributed by atoms with Gasteiger partial charge in [0.05, 0.1) is 18.2 Å². The molecule has 0 saturated heterocycles. The standard InChI is InChI=1S/C25H30N6O3S/c1-15(2)13-31-22-21(24(33)29(6)25(31)34)23(28-18(5)27-22)35-14-20(32)30(11-7-10-26)19-9-8-16(3)17(4)12-19/h8-9,12,15H,7,11,13-14H2,1-6H3. The van der Waals surface area contributed by atoms with Crippen molar-refractivity contribution >= 4 is 34.4 Å². The van der Waals surface area contributed by atoms with Crippen molar-refractivity contribution in [2.24, 2.45) is 13.0 Å². The smallest absolute Gasteiger partial charge is 0.311 e. The predicted molar refractivity (Wildman–Crippen MR) is 138 cm³/mol. The molecule has 1 amide bonds. The summed E-state index contributed by atoms with van der Waals surface area (Å²) >= 11 is 1.14. The van der Waals surface area contributed by atoms with Crippen LogP contribution in [-0.2, 0) is 18.4 Å². The van der Waals surface area contributed by atoms with Crippen molar-refractivity contribution in [3.63, 3.8) is 0 Å². The lowest BCUT2D eigenvalue weighted by molar-refractivity contribution is -0.116. The zero-order valence-corrected chi connectivity index (χ0v) is 21.8. The van der Waals surface area contributed by atoms with Crippen molar-refractivity contribution in [2.75, 3.05) is 17.2 Å². The normalized spacial score (nSPS) is 11.1. The van der Waals surface area contributed by atoms with Gasteiger partial charge in [-0.25, -0.2) is 14.8 Å². The molecule has 0 radical (unpaired) electrons. The third-order valence-corrected chi connectivity index (χ3v) is 6.65. The molecule has 35 heavy (non-hydrogen) atoms. The Bertz CT molecular complexity index is 1430. The van der Waals surface area contributed by atoms with E-state index in [2.05, 4.69) is 16.0 Å². The van der Waals surface area contributed by atoms with E-state index in [0.29, 0.717) is 17.4 Å². The molecule has 0 saturated carbocycles. The molecule has 0 unspecified atom stereocenters. The lowest BCUT2D eigenvalue weighted by Crippen LogP contribution is -2.39. The highest BCUT2D eigenvalue weighted by Crippen LogP contribution is 2.25. The third-order valence-electron chi connectivity index (χ3n) is 5.69. The second-order valence-corrected chi connectivity index (χ2v) is 9.90. The summed E-state index contributed by atoms with van der Waals surface area (Å²) in [7, 11) is 1.43. The van der Waals surface area contributed by atoms with Crippen LogP contribution < -0.4 is 16.1 Å². The van der Waals surface area contributed by atoms with E-state index < -0.39 is 11.2 Å². The van der Waals surface area contributed by atoms with Crippen LogP contribution in [0.5, 0.6) is 0 Å². The minimum absolute atomic E-state index is 0.0103. The maximum Gasteiger partial charge on any atom is 0.332 e. The molecule has 0 fully saturated rings. The molecule has 0 bridgehead atoms. The van der Waals surface area contributed by atoms with Gasteiger partial charge in [-0.1, -0.05) is 31.7 Å². The lowest BCUT2D eigenvalue weighted by atomic mass is 10.1. The maximum atomic E-state index is 13.3. The lowest BCUT2D eigenvalue weighted by Gasteiger charge is -2.22. The summed E-state index contributed by atoms with van der Waals surface area (Å²) in [6.45, 7) is 10.3. The highest BCUT2D eigenvalue weighted by atomic mass is 32.2. The topological polar surface area (TPSA) is 114 Å². The van der Waals surface area contributed by atoms with Gasteiger partial charge in [0.25, 0.3) is 5.56 Å². The number of hydrogen-bond donors (Lipinski definition) is 0. The molecule has 0 aliphatic heterocycles. The first-order chi connectivity index (χ1) is 16.5. The van der Waals surface area contributed by atoms with Gasteiger partial charge in [-0.15, -0.1) is 0 Å². The molecule has 3 rings (SSSR count). The number of aryl methyl sites for hydroxylation is 3. The van der Waals surface area contributed by atoms with Crippen LogP contribution >= 0.6 is 11.8 Å². The fraction of sp³-hybridized carbons (Fsp3) is 0.440. The number of hydrogen-bond acceptors (Lipinski definition) is 7. The Morgan fingerprint density at radius 2 is 1.89 bits per heavy atom. The SMILES string of the molecule is Cc1nc(SCC(=O)N(CCC#N)c2ccc(C)c(C)c2)c2c(=O)n(C)c(=O)n(CC(C)C)c2n1. The molecule has 0 spiro atoms. The van der Waals surface area contributed by atoms with Crippen molar-refractivity contribution < 1.29 is 4.79 Å². The van der Waals surface area contributed by atoms with Crippen molar-refractivity contribution in [2.45, 2.75) is 52.6 Å². The van der Waals surface area contributed by atoms with Gasteiger partial charge in [0.1, 0.15) is 16.2 Å². The number of thioether (sulfide) groups is 1. The van der Waals surface area contributed by atoms with Crippen molar-refractivity contribution in [3.05, 3.63) is 56.0 Å². The Hall–Kier alpha value is -3.45. The van der Waals surface area contributed by atoms with Gasteiger partial charge in [-0.3, -0.25) is 18.7 Å². The number of benzene rings is 1. The van der Waals surface area contributed by atoms with Crippen LogP contribution in [0.25, 0.3) is 11.0 Å². The Morgan fingerprint density at radius 3 is 2.51 bits per heavy atom. The second kappa shape index (κ2) is 10.9. The molecular weight excluding hydrogens is 464 g/mol. The summed E-state index contributed by atoms with van der Waals surface area (Å²) in [5.41, 5.74) is 2.24. The molecule has 3 aromatic rings. The van der Waals surface area contributed by atoms with E-state index in [0.717, 1.165) is 33.1 Å². The van der Waals surface area contributed by atoms with Crippen molar-refractivity contribution in [3.8, 4) is 6.07 Å². The molecule has 2 heterocycles. The average Bonchev–Trinajstić information content (AvgIpc) is 2.80. The molecule has 0 N–H and O–H groups in total. The number of carbonyl (C=O) groups is 1. The summed E-state index contributed by atoms with van der Waals surface area (Å²) in [6, 6.07) is 7.84. The van der Waals surface area contributed by atoms with Gasteiger partial charge in [0.2, 0.25) is 5.91 Å². The van der Waals surface area contributed by atoms with Crippen LogP contribution in [0.1, 0.15) is 37.2 Å². The highest BCUT2D eigenvalue weighted by Gasteiger charge is 2.21. The van der Waals surface area contributed by atoms with E-state index in [1.54, 1.807) is 11.8 Å². The third kappa shape index (κ3) is 5.62.